The van der Waals surface area contributed by atoms with Gasteiger partial charge in [-0.05, 0) is 63.9 Å². The summed E-state index contributed by atoms with van der Waals surface area (Å²) in [7, 11) is 0. The van der Waals surface area contributed by atoms with Crippen molar-refractivity contribution in [2.24, 2.45) is 0 Å². The molecule has 0 aromatic heterocycles. The maximum Gasteiger partial charge on any atom is 2.00 e. The van der Waals surface area contributed by atoms with E-state index in [9.17, 15) is 4.39 Å². The zero-order chi connectivity index (χ0) is 13.3. The monoisotopic (exact) mass is 306 g/mol. The molecule has 0 N–H and O–H groups in total. The summed E-state index contributed by atoms with van der Waals surface area (Å²) in [5.41, 5.74) is 0.619. The van der Waals surface area contributed by atoms with Crippen LogP contribution in [0.5, 0.6) is 0 Å². The minimum atomic E-state index is -0.197. The molecule has 2 aliphatic rings. The molecule has 2 fully saturated rings. The van der Waals surface area contributed by atoms with Gasteiger partial charge in [0, 0.05) is 11.5 Å². The predicted molar refractivity (Wildman–Crippen MR) is 77.5 cm³/mol. The molecule has 0 unspecified atom stereocenters. The Morgan fingerprint density at radius 1 is 0.750 bits per heavy atom. The van der Waals surface area contributed by atoms with Gasteiger partial charge in [-0.2, -0.15) is 0 Å². The van der Waals surface area contributed by atoms with Crippen LogP contribution in [0.25, 0.3) is 5.83 Å². The molecule has 0 saturated heterocycles. The molecule has 0 bridgehead atoms. The Kier molecular flexibility index (Phi) is 8.89. The van der Waals surface area contributed by atoms with E-state index in [0.717, 1.165) is 5.92 Å². The van der Waals surface area contributed by atoms with Crippen LogP contribution in [0.3, 0.4) is 0 Å². The first-order valence-corrected chi connectivity index (χ1v) is 6.17. The average molecular weight is 306 g/mol. The number of benzene rings is 1. The summed E-state index contributed by atoms with van der Waals surface area (Å²) in [6, 6.07) is 9.05. The van der Waals surface area contributed by atoms with E-state index in [4.69, 9.17) is 0 Å². The third kappa shape index (κ3) is 6.24. The third-order valence-corrected chi connectivity index (χ3v) is 2.59. The summed E-state index contributed by atoms with van der Waals surface area (Å²) in [4.78, 5) is 0. The van der Waals surface area contributed by atoms with Crippen LogP contribution in [-0.4, -0.2) is 0 Å². The van der Waals surface area contributed by atoms with E-state index in [-0.39, 0.29) is 22.9 Å². The maximum atomic E-state index is 13.6. The average Bonchev–Trinajstić information content (AvgIpc) is 3.15. The molecule has 100 valence electrons. The third-order valence-electron chi connectivity index (χ3n) is 2.59. The number of allylic oxidation sites excluding steroid dienone is 1. The molecule has 0 amide bonds. The minimum absolute atomic E-state index is 0. The van der Waals surface area contributed by atoms with Gasteiger partial charge in [-0.15, -0.1) is 0 Å². The molecule has 0 aliphatic heterocycles. The van der Waals surface area contributed by atoms with Gasteiger partial charge in [0.1, 0.15) is 5.83 Å². The molecule has 10 radical (unpaired) electrons. The fourth-order valence-electron chi connectivity index (χ4n) is 1.63. The van der Waals surface area contributed by atoms with Crippen molar-refractivity contribution in [2.45, 2.75) is 0 Å². The van der Waals surface area contributed by atoms with Crippen molar-refractivity contribution < 1.29 is 21.5 Å². The Hall–Kier alpha value is -0.591. The SMILES string of the molecule is F/C(=C\[C]1[CH][CH][CH][CH]1)c1ccccc1.[CH]1[CH][CH][CH][CH]1.[Fe+2]. The molecule has 20 heavy (non-hydrogen) atoms. The van der Waals surface area contributed by atoms with E-state index in [2.05, 4.69) is 0 Å². The van der Waals surface area contributed by atoms with E-state index < -0.39 is 0 Å². The van der Waals surface area contributed by atoms with Crippen molar-refractivity contribution in [3.63, 3.8) is 0 Å². The molecule has 1 aromatic carbocycles. The van der Waals surface area contributed by atoms with Crippen LogP contribution in [-0.2, 0) is 17.1 Å². The van der Waals surface area contributed by atoms with Gasteiger partial charge in [0.05, 0.1) is 0 Å². The van der Waals surface area contributed by atoms with Crippen molar-refractivity contribution >= 4 is 5.83 Å². The standard InChI is InChI=1S/C13H10F.C5H5.Fe/c14-13(10-11-6-4-5-7-11)12-8-2-1-3-9-12;1-2-4-5-3-1;/h1-10H;1-5H;/q;;+2/b13-10-;;. The van der Waals surface area contributed by atoms with Crippen molar-refractivity contribution in [1.82, 2.24) is 0 Å². The molecular formula is C18H15FFe+2. The van der Waals surface area contributed by atoms with Crippen molar-refractivity contribution in [1.29, 1.82) is 0 Å². The second-order valence-electron chi connectivity index (χ2n) is 4.04. The molecule has 0 nitrogen and oxygen atoms in total. The Morgan fingerprint density at radius 2 is 1.25 bits per heavy atom. The topological polar surface area (TPSA) is 0 Å². The van der Waals surface area contributed by atoms with Crippen LogP contribution in [0.1, 0.15) is 5.56 Å². The second kappa shape index (κ2) is 10.2. The summed E-state index contributed by atoms with van der Waals surface area (Å²) in [5.74, 6) is 0.697. The number of hydrogen-bond donors (Lipinski definition) is 0. The quantitative estimate of drug-likeness (QED) is 0.710. The number of rotatable bonds is 2. The van der Waals surface area contributed by atoms with Gasteiger partial charge in [-0.1, -0.05) is 30.3 Å². The van der Waals surface area contributed by atoms with E-state index in [1.165, 1.54) is 6.08 Å². The van der Waals surface area contributed by atoms with Gasteiger partial charge >= 0.3 is 17.1 Å². The fraction of sp³-hybridized carbons (Fsp3) is 0. The van der Waals surface area contributed by atoms with E-state index >= 15 is 0 Å². The Morgan fingerprint density at radius 3 is 1.75 bits per heavy atom. The zero-order valence-electron chi connectivity index (χ0n) is 10.9. The molecule has 2 heteroatoms. The molecular weight excluding hydrogens is 291 g/mol. The van der Waals surface area contributed by atoms with Gasteiger partial charge in [0.2, 0.25) is 0 Å². The number of hydrogen-bond acceptors (Lipinski definition) is 0. The van der Waals surface area contributed by atoms with Crippen LogP contribution in [0.4, 0.5) is 4.39 Å². The smallest absolute Gasteiger partial charge is 0.207 e. The van der Waals surface area contributed by atoms with Gasteiger partial charge in [-0.3, -0.25) is 0 Å². The summed E-state index contributed by atoms with van der Waals surface area (Å²) in [6.45, 7) is 0. The second-order valence-corrected chi connectivity index (χ2v) is 4.04. The zero-order valence-corrected chi connectivity index (χ0v) is 12.0. The molecule has 3 rings (SSSR count). The molecule has 0 spiro atoms. The van der Waals surface area contributed by atoms with Gasteiger partial charge in [0.15, 0.2) is 0 Å². The molecule has 2 aliphatic carbocycles. The van der Waals surface area contributed by atoms with E-state index in [1.807, 2.05) is 76.0 Å². The van der Waals surface area contributed by atoms with Crippen LogP contribution in [0.15, 0.2) is 36.4 Å². The van der Waals surface area contributed by atoms with E-state index in [1.54, 1.807) is 12.1 Å². The van der Waals surface area contributed by atoms with Crippen molar-refractivity contribution in [3.05, 3.63) is 106 Å². The minimum Gasteiger partial charge on any atom is -0.207 e. The van der Waals surface area contributed by atoms with Crippen molar-refractivity contribution in [2.75, 3.05) is 0 Å². The molecule has 0 atom stereocenters. The molecule has 0 heterocycles. The van der Waals surface area contributed by atoms with Crippen LogP contribution in [0.2, 0.25) is 0 Å². The Balaban J connectivity index is 0.000000283. The van der Waals surface area contributed by atoms with Gasteiger partial charge < -0.3 is 0 Å². The summed E-state index contributed by atoms with van der Waals surface area (Å²) >= 11 is 0. The normalized spacial score (nSPS) is 19.1. The van der Waals surface area contributed by atoms with Crippen LogP contribution in [0, 0.1) is 63.7 Å². The van der Waals surface area contributed by atoms with Crippen LogP contribution < -0.4 is 0 Å². The first kappa shape index (κ1) is 17.5. The summed E-state index contributed by atoms with van der Waals surface area (Å²) in [6.07, 6.45) is 19.1. The van der Waals surface area contributed by atoms with Gasteiger partial charge in [0.25, 0.3) is 0 Å². The Bertz CT molecular complexity index is 368. The summed E-state index contributed by atoms with van der Waals surface area (Å²) in [5, 5.41) is 0. The number of halogens is 1. The maximum absolute atomic E-state index is 13.6. The summed E-state index contributed by atoms with van der Waals surface area (Å²) < 4.78 is 13.6. The van der Waals surface area contributed by atoms with Crippen molar-refractivity contribution in [3.8, 4) is 0 Å². The largest absolute Gasteiger partial charge is 2.00 e. The molecule has 2 saturated carbocycles. The van der Waals surface area contributed by atoms with Crippen LogP contribution >= 0.6 is 0 Å². The molecule has 1 aromatic rings. The predicted octanol–water partition coefficient (Wildman–Crippen LogP) is 4.42. The first-order valence-electron chi connectivity index (χ1n) is 6.17. The van der Waals surface area contributed by atoms with E-state index in [0.29, 0.717) is 5.56 Å². The first-order chi connectivity index (χ1) is 9.36. The van der Waals surface area contributed by atoms with Gasteiger partial charge in [-0.25, -0.2) is 4.39 Å². The fourth-order valence-corrected chi connectivity index (χ4v) is 1.63. The Labute approximate surface area is 133 Å².